The van der Waals surface area contributed by atoms with Crippen LogP contribution in [-0.2, 0) is 0 Å². The third-order valence-electron chi connectivity index (χ3n) is 3.98. The van der Waals surface area contributed by atoms with E-state index in [0.717, 1.165) is 16.5 Å². The van der Waals surface area contributed by atoms with Crippen LogP contribution in [0.15, 0.2) is 48.7 Å². The largest absolute Gasteiger partial charge is 0.493 e. The number of carbonyl (C=O) groups excluding carboxylic acids is 1. The highest BCUT2D eigenvalue weighted by Crippen LogP contribution is 2.38. The van der Waals surface area contributed by atoms with Gasteiger partial charge in [-0.05, 0) is 29.8 Å². The van der Waals surface area contributed by atoms with E-state index in [4.69, 9.17) is 9.47 Å². The van der Waals surface area contributed by atoms with Gasteiger partial charge in [-0.25, -0.2) is 0 Å². The van der Waals surface area contributed by atoms with Crippen LogP contribution in [0.5, 0.6) is 11.5 Å². The lowest BCUT2D eigenvalue weighted by Crippen LogP contribution is -2.02. The zero-order valence-electron chi connectivity index (χ0n) is 14.2. The SMILES string of the molecule is COc1cc(C(=O)/C=C/c2c[nH]c3ccccc23)cc([N+](=O)[O-])c1OC. The molecule has 0 amide bonds. The smallest absolute Gasteiger partial charge is 0.315 e. The zero-order chi connectivity index (χ0) is 18.7. The van der Waals surface area contributed by atoms with Crippen LogP contribution in [0.1, 0.15) is 15.9 Å². The monoisotopic (exact) mass is 352 g/mol. The highest BCUT2D eigenvalue weighted by molar-refractivity contribution is 6.08. The lowest BCUT2D eigenvalue weighted by Gasteiger charge is -2.09. The van der Waals surface area contributed by atoms with E-state index in [1.165, 1.54) is 32.4 Å². The third kappa shape index (κ3) is 3.14. The van der Waals surface area contributed by atoms with Gasteiger partial charge in [0, 0.05) is 28.7 Å². The molecule has 1 N–H and O–H groups in total. The number of aromatic amines is 1. The van der Waals surface area contributed by atoms with Crippen molar-refractivity contribution in [1.29, 1.82) is 0 Å². The molecule has 0 saturated heterocycles. The summed E-state index contributed by atoms with van der Waals surface area (Å²) in [6.45, 7) is 0. The van der Waals surface area contributed by atoms with Crippen molar-refractivity contribution in [2.75, 3.05) is 14.2 Å². The fraction of sp³-hybridized carbons (Fsp3) is 0.105. The highest BCUT2D eigenvalue weighted by atomic mass is 16.6. The van der Waals surface area contributed by atoms with Gasteiger partial charge in [0.05, 0.1) is 19.1 Å². The van der Waals surface area contributed by atoms with Crippen LogP contribution < -0.4 is 9.47 Å². The van der Waals surface area contributed by atoms with Gasteiger partial charge in [0.15, 0.2) is 11.5 Å². The molecule has 0 aliphatic heterocycles. The van der Waals surface area contributed by atoms with E-state index in [-0.39, 0.29) is 28.5 Å². The van der Waals surface area contributed by atoms with Crippen molar-refractivity contribution in [3.05, 3.63) is 69.9 Å². The molecule has 0 aliphatic carbocycles. The molecule has 0 radical (unpaired) electrons. The van der Waals surface area contributed by atoms with Crippen molar-refractivity contribution >= 4 is 28.4 Å². The number of allylic oxidation sites excluding steroid dienone is 1. The highest BCUT2D eigenvalue weighted by Gasteiger charge is 2.23. The second-order valence-corrected chi connectivity index (χ2v) is 5.48. The van der Waals surface area contributed by atoms with Crippen LogP contribution in [-0.4, -0.2) is 29.9 Å². The van der Waals surface area contributed by atoms with Crippen molar-refractivity contribution in [2.24, 2.45) is 0 Å². The first-order valence-corrected chi connectivity index (χ1v) is 7.74. The molecule has 1 heterocycles. The summed E-state index contributed by atoms with van der Waals surface area (Å²) in [5.41, 5.74) is 1.63. The van der Waals surface area contributed by atoms with Crippen LogP contribution in [0.2, 0.25) is 0 Å². The third-order valence-corrected chi connectivity index (χ3v) is 3.98. The Balaban J connectivity index is 1.97. The summed E-state index contributed by atoms with van der Waals surface area (Å²) in [7, 11) is 2.67. The molecule has 7 nitrogen and oxygen atoms in total. The number of ether oxygens (including phenoxy) is 2. The molecule has 1 aromatic heterocycles. The molecule has 3 aromatic rings. The summed E-state index contributed by atoms with van der Waals surface area (Å²) in [6, 6.07) is 10.3. The fourth-order valence-corrected chi connectivity index (χ4v) is 2.72. The predicted molar refractivity (Wildman–Crippen MR) is 97.9 cm³/mol. The molecule has 0 spiro atoms. The van der Waals surface area contributed by atoms with Gasteiger partial charge >= 0.3 is 5.69 Å². The first-order chi connectivity index (χ1) is 12.5. The Kier molecular flexibility index (Phi) is 4.70. The number of nitro benzene ring substituents is 1. The molecule has 0 fully saturated rings. The van der Waals surface area contributed by atoms with Gasteiger partial charge in [0.2, 0.25) is 5.75 Å². The van der Waals surface area contributed by atoms with Crippen LogP contribution in [0.4, 0.5) is 5.69 Å². The molecule has 7 heteroatoms. The molecule has 132 valence electrons. The Morgan fingerprint density at radius 3 is 2.65 bits per heavy atom. The zero-order valence-corrected chi connectivity index (χ0v) is 14.2. The van der Waals surface area contributed by atoms with Crippen LogP contribution in [0.3, 0.4) is 0 Å². The number of H-pyrrole nitrogens is 1. The topological polar surface area (TPSA) is 94.5 Å². The number of para-hydroxylation sites is 1. The summed E-state index contributed by atoms with van der Waals surface area (Å²) in [5.74, 6) is -0.264. The van der Waals surface area contributed by atoms with Crippen molar-refractivity contribution in [3.63, 3.8) is 0 Å². The number of ketones is 1. The molecule has 0 unspecified atom stereocenters. The standard InChI is InChI=1S/C19H16N2O5/c1-25-18-10-13(9-16(21(23)24)19(18)26-2)17(22)8-7-12-11-20-15-6-4-3-5-14(12)15/h3-11,20H,1-2H3/b8-7+. The number of nitrogens with one attached hydrogen (secondary N) is 1. The van der Waals surface area contributed by atoms with E-state index >= 15 is 0 Å². The maximum Gasteiger partial charge on any atom is 0.315 e. The van der Waals surface area contributed by atoms with Gasteiger partial charge in [-0.2, -0.15) is 0 Å². The van der Waals surface area contributed by atoms with Crippen LogP contribution in [0.25, 0.3) is 17.0 Å². The maximum atomic E-state index is 12.5. The molecular formula is C19H16N2O5. The summed E-state index contributed by atoms with van der Waals surface area (Å²) in [6.07, 6.45) is 4.84. The van der Waals surface area contributed by atoms with Gasteiger partial charge in [-0.15, -0.1) is 0 Å². The van der Waals surface area contributed by atoms with Crippen molar-refractivity contribution in [1.82, 2.24) is 4.98 Å². The number of methoxy groups -OCH3 is 2. The number of carbonyl (C=O) groups is 1. The van der Waals surface area contributed by atoms with E-state index in [1.807, 2.05) is 24.3 Å². The molecule has 0 bridgehead atoms. The second-order valence-electron chi connectivity index (χ2n) is 5.48. The lowest BCUT2D eigenvalue weighted by molar-refractivity contribution is -0.385. The molecule has 3 rings (SSSR count). The number of benzene rings is 2. The van der Waals surface area contributed by atoms with Gasteiger partial charge in [0.1, 0.15) is 0 Å². The van der Waals surface area contributed by atoms with Crippen LogP contribution >= 0.6 is 0 Å². The Morgan fingerprint density at radius 1 is 1.19 bits per heavy atom. The first kappa shape index (κ1) is 17.2. The minimum Gasteiger partial charge on any atom is -0.493 e. The summed E-state index contributed by atoms with van der Waals surface area (Å²) in [5, 5.41) is 12.2. The first-order valence-electron chi connectivity index (χ1n) is 7.74. The van der Waals surface area contributed by atoms with Gasteiger partial charge in [-0.1, -0.05) is 18.2 Å². The van der Waals surface area contributed by atoms with Crippen molar-refractivity contribution in [3.8, 4) is 11.5 Å². The molecule has 0 aliphatic rings. The number of hydrogen-bond donors (Lipinski definition) is 1. The van der Waals surface area contributed by atoms with E-state index in [2.05, 4.69) is 4.98 Å². The van der Waals surface area contributed by atoms with Crippen LogP contribution in [0, 0.1) is 10.1 Å². The average molecular weight is 352 g/mol. The summed E-state index contributed by atoms with van der Waals surface area (Å²) < 4.78 is 10.1. The average Bonchev–Trinajstić information content (AvgIpc) is 3.07. The number of fused-ring (bicyclic) bond motifs is 1. The van der Waals surface area contributed by atoms with Gasteiger partial charge in [0.25, 0.3) is 0 Å². The van der Waals surface area contributed by atoms with E-state index in [9.17, 15) is 14.9 Å². The van der Waals surface area contributed by atoms with Gasteiger partial charge < -0.3 is 14.5 Å². The normalized spacial score (nSPS) is 11.0. The lowest BCUT2D eigenvalue weighted by atomic mass is 10.1. The van der Waals surface area contributed by atoms with Crippen molar-refractivity contribution in [2.45, 2.75) is 0 Å². The Labute approximate surface area is 149 Å². The number of nitro groups is 1. The van der Waals surface area contributed by atoms with E-state index in [0.29, 0.717) is 0 Å². The molecule has 26 heavy (non-hydrogen) atoms. The molecule has 0 atom stereocenters. The Hall–Kier alpha value is -3.61. The van der Waals surface area contributed by atoms with E-state index in [1.54, 1.807) is 12.3 Å². The van der Waals surface area contributed by atoms with Crippen molar-refractivity contribution < 1.29 is 19.2 Å². The minimum atomic E-state index is -0.610. The summed E-state index contributed by atoms with van der Waals surface area (Å²) >= 11 is 0. The predicted octanol–water partition coefficient (Wildman–Crippen LogP) is 3.99. The van der Waals surface area contributed by atoms with E-state index < -0.39 is 4.92 Å². The Bertz CT molecular complexity index is 1020. The maximum absolute atomic E-state index is 12.5. The fourth-order valence-electron chi connectivity index (χ4n) is 2.72. The number of hydrogen-bond acceptors (Lipinski definition) is 5. The molecular weight excluding hydrogens is 336 g/mol. The number of nitrogens with zero attached hydrogens (tertiary/aromatic N) is 1. The summed E-state index contributed by atoms with van der Waals surface area (Å²) in [4.78, 5) is 26.3. The minimum absolute atomic E-state index is 0.0188. The van der Waals surface area contributed by atoms with Gasteiger partial charge in [-0.3, -0.25) is 14.9 Å². The number of aromatic nitrogens is 1. The quantitative estimate of drug-likeness (QED) is 0.313. The second kappa shape index (κ2) is 7.10. The molecule has 2 aromatic carbocycles. The molecule has 0 saturated carbocycles. The Morgan fingerprint density at radius 2 is 1.96 bits per heavy atom. The number of rotatable bonds is 6.